The van der Waals surface area contributed by atoms with Crippen LogP contribution in [0.1, 0.15) is 57.8 Å². The third-order valence-electron chi connectivity index (χ3n) is 4.36. The van der Waals surface area contributed by atoms with Gasteiger partial charge in [0, 0.05) is 32.6 Å². The normalized spacial score (nSPS) is 15.0. The van der Waals surface area contributed by atoms with Crippen molar-refractivity contribution in [3.63, 3.8) is 0 Å². The number of amides is 2. The van der Waals surface area contributed by atoms with Crippen molar-refractivity contribution in [3.8, 4) is 0 Å². The molecular weight excluding hydrogens is 320 g/mol. The van der Waals surface area contributed by atoms with Crippen LogP contribution in [-0.2, 0) is 9.59 Å². The standard InChI is InChI=1S/C17H34N6O2/c18-14(16(25)23-12-6-7-13-23)8-3-5-10-21-15(24)9-2-1-4-11-22-17(19)20/h14H,1-13,18H2,(H,21,24)(H4,19,20,22)/t14-/m0/s1. The van der Waals surface area contributed by atoms with Crippen molar-refractivity contribution in [1.82, 2.24) is 10.2 Å². The molecule has 1 aliphatic rings. The molecule has 7 N–H and O–H groups in total. The summed E-state index contributed by atoms with van der Waals surface area (Å²) in [6.07, 6.45) is 7.70. The topological polar surface area (TPSA) is 140 Å². The summed E-state index contributed by atoms with van der Waals surface area (Å²) in [5.41, 5.74) is 16.4. The molecule has 1 heterocycles. The van der Waals surface area contributed by atoms with Crippen LogP contribution < -0.4 is 22.5 Å². The summed E-state index contributed by atoms with van der Waals surface area (Å²) in [5, 5.41) is 2.91. The van der Waals surface area contributed by atoms with Crippen molar-refractivity contribution in [2.24, 2.45) is 22.2 Å². The van der Waals surface area contributed by atoms with Crippen LogP contribution in [0.2, 0.25) is 0 Å². The van der Waals surface area contributed by atoms with Crippen molar-refractivity contribution in [2.45, 2.75) is 63.8 Å². The molecule has 8 nitrogen and oxygen atoms in total. The van der Waals surface area contributed by atoms with Crippen LogP contribution in [-0.4, -0.2) is 54.9 Å². The molecule has 1 rings (SSSR count). The highest BCUT2D eigenvalue weighted by Crippen LogP contribution is 2.10. The fourth-order valence-corrected chi connectivity index (χ4v) is 2.88. The first kappa shape index (κ1) is 21.2. The van der Waals surface area contributed by atoms with Crippen LogP contribution in [0.25, 0.3) is 0 Å². The van der Waals surface area contributed by atoms with Crippen molar-refractivity contribution in [3.05, 3.63) is 0 Å². The first-order valence-electron chi connectivity index (χ1n) is 9.37. The second-order valence-electron chi connectivity index (χ2n) is 6.60. The minimum atomic E-state index is -0.404. The monoisotopic (exact) mass is 354 g/mol. The molecule has 0 radical (unpaired) electrons. The lowest BCUT2D eigenvalue weighted by Gasteiger charge is -2.20. The predicted molar refractivity (Wildman–Crippen MR) is 99.8 cm³/mol. The van der Waals surface area contributed by atoms with Crippen LogP contribution in [0, 0.1) is 0 Å². The van der Waals surface area contributed by atoms with E-state index in [0.717, 1.165) is 58.0 Å². The van der Waals surface area contributed by atoms with E-state index in [1.165, 1.54) is 0 Å². The Morgan fingerprint density at radius 3 is 2.44 bits per heavy atom. The maximum absolute atomic E-state index is 12.1. The summed E-state index contributed by atoms with van der Waals surface area (Å²) >= 11 is 0. The van der Waals surface area contributed by atoms with Gasteiger partial charge in [-0.25, -0.2) is 0 Å². The number of unbranched alkanes of at least 4 members (excludes halogenated alkanes) is 3. The molecule has 2 amide bonds. The van der Waals surface area contributed by atoms with Crippen LogP contribution in [0.15, 0.2) is 4.99 Å². The zero-order valence-corrected chi connectivity index (χ0v) is 15.2. The Morgan fingerprint density at radius 1 is 1.04 bits per heavy atom. The number of nitrogens with one attached hydrogen (secondary N) is 1. The molecule has 0 saturated carbocycles. The summed E-state index contributed by atoms with van der Waals surface area (Å²) in [6, 6.07) is -0.404. The van der Waals surface area contributed by atoms with Gasteiger partial charge >= 0.3 is 0 Å². The summed E-state index contributed by atoms with van der Waals surface area (Å²) in [6.45, 7) is 2.93. The third-order valence-corrected chi connectivity index (χ3v) is 4.36. The number of nitrogens with two attached hydrogens (primary N) is 3. The predicted octanol–water partition coefficient (Wildman–Crippen LogP) is 0.0564. The molecule has 8 heteroatoms. The van der Waals surface area contributed by atoms with E-state index in [9.17, 15) is 9.59 Å². The van der Waals surface area contributed by atoms with Gasteiger partial charge in [-0.1, -0.05) is 6.42 Å². The molecule has 0 aromatic carbocycles. The summed E-state index contributed by atoms with van der Waals surface area (Å²) in [4.78, 5) is 29.5. The van der Waals surface area contributed by atoms with Gasteiger partial charge in [0.25, 0.3) is 0 Å². The Bertz CT molecular complexity index is 431. The van der Waals surface area contributed by atoms with E-state index in [2.05, 4.69) is 10.3 Å². The van der Waals surface area contributed by atoms with Gasteiger partial charge in [0.15, 0.2) is 5.96 Å². The zero-order valence-electron chi connectivity index (χ0n) is 15.2. The number of hydrogen-bond acceptors (Lipinski definition) is 4. The first-order chi connectivity index (χ1) is 12.0. The Labute approximate surface area is 150 Å². The Kier molecular flexibility index (Phi) is 10.6. The van der Waals surface area contributed by atoms with Gasteiger partial charge in [0.05, 0.1) is 6.04 Å². The molecule has 0 aromatic rings. The Morgan fingerprint density at radius 2 is 1.76 bits per heavy atom. The van der Waals surface area contributed by atoms with E-state index in [1.807, 2.05) is 4.90 Å². The van der Waals surface area contributed by atoms with Crippen molar-refractivity contribution < 1.29 is 9.59 Å². The summed E-state index contributed by atoms with van der Waals surface area (Å²) in [7, 11) is 0. The largest absolute Gasteiger partial charge is 0.370 e. The van der Waals surface area contributed by atoms with Gasteiger partial charge < -0.3 is 27.4 Å². The third kappa shape index (κ3) is 9.91. The molecule has 0 unspecified atom stereocenters. The number of aliphatic imine (C=N–C) groups is 1. The van der Waals surface area contributed by atoms with E-state index in [0.29, 0.717) is 25.9 Å². The van der Waals surface area contributed by atoms with Gasteiger partial charge in [0.1, 0.15) is 0 Å². The minimum Gasteiger partial charge on any atom is -0.370 e. The minimum absolute atomic E-state index is 0.0688. The number of likely N-dealkylation sites (tertiary alicyclic amines) is 1. The van der Waals surface area contributed by atoms with E-state index < -0.39 is 6.04 Å². The fraction of sp³-hybridized carbons (Fsp3) is 0.824. The molecule has 0 bridgehead atoms. The van der Waals surface area contributed by atoms with Crippen LogP contribution >= 0.6 is 0 Å². The van der Waals surface area contributed by atoms with E-state index in [1.54, 1.807) is 0 Å². The molecule has 1 saturated heterocycles. The lowest BCUT2D eigenvalue weighted by Crippen LogP contribution is -2.42. The number of hydrogen-bond donors (Lipinski definition) is 4. The highest BCUT2D eigenvalue weighted by Gasteiger charge is 2.22. The molecule has 0 aliphatic carbocycles. The van der Waals surface area contributed by atoms with Gasteiger partial charge in [-0.2, -0.15) is 0 Å². The maximum atomic E-state index is 12.1. The average Bonchev–Trinajstić information content (AvgIpc) is 3.11. The Balaban J connectivity index is 1.95. The highest BCUT2D eigenvalue weighted by atomic mass is 16.2. The fourth-order valence-electron chi connectivity index (χ4n) is 2.88. The lowest BCUT2D eigenvalue weighted by molar-refractivity contribution is -0.131. The second kappa shape index (κ2) is 12.5. The van der Waals surface area contributed by atoms with Crippen LogP contribution in [0.4, 0.5) is 0 Å². The summed E-state index contributed by atoms with van der Waals surface area (Å²) < 4.78 is 0. The average molecular weight is 354 g/mol. The molecule has 1 aliphatic heterocycles. The van der Waals surface area contributed by atoms with Gasteiger partial charge in [0.2, 0.25) is 11.8 Å². The molecule has 1 atom stereocenters. The van der Waals surface area contributed by atoms with E-state index in [-0.39, 0.29) is 17.8 Å². The molecule has 0 spiro atoms. The molecule has 25 heavy (non-hydrogen) atoms. The molecular formula is C17H34N6O2. The van der Waals surface area contributed by atoms with Crippen molar-refractivity contribution >= 4 is 17.8 Å². The van der Waals surface area contributed by atoms with Gasteiger partial charge in [-0.3, -0.25) is 14.6 Å². The lowest BCUT2D eigenvalue weighted by atomic mass is 10.1. The summed E-state index contributed by atoms with van der Waals surface area (Å²) in [5.74, 6) is 0.251. The van der Waals surface area contributed by atoms with Crippen LogP contribution in [0.3, 0.4) is 0 Å². The molecule has 1 fully saturated rings. The number of carbonyl (C=O) groups excluding carboxylic acids is 2. The second-order valence-corrected chi connectivity index (χ2v) is 6.60. The van der Waals surface area contributed by atoms with Gasteiger partial charge in [-0.05, 0) is 44.9 Å². The first-order valence-corrected chi connectivity index (χ1v) is 9.37. The maximum Gasteiger partial charge on any atom is 0.239 e. The Hall–Kier alpha value is -1.83. The molecule has 144 valence electrons. The van der Waals surface area contributed by atoms with E-state index in [4.69, 9.17) is 17.2 Å². The molecule has 0 aromatic heterocycles. The van der Waals surface area contributed by atoms with E-state index >= 15 is 0 Å². The van der Waals surface area contributed by atoms with Gasteiger partial charge in [-0.15, -0.1) is 0 Å². The van der Waals surface area contributed by atoms with Crippen molar-refractivity contribution in [1.29, 1.82) is 0 Å². The number of rotatable bonds is 12. The SMILES string of the molecule is NC(N)=NCCCCCC(=O)NCCCC[C@H](N)C(=O)N1CCCC1. The van der Waals surface area contributed by atoms with Crippen molar-refractivity contribution in [2.75, 3.05) is 26.2 Å². The smallest absolute Gasteiger partial charge is 0.239 e. The highest BCUT2D eigenvalue weighted by molar-refractivity contribution is 5.81. The number of guanidine groups is 1. The number of nitrogens with zero attached hydrogens (tertiary/aromatic N) is 2. The number of carbonyl (C=O) groups is 2. The van der Waals surface area contributed by atoms with Crippen LogP contribution in [0.5, 0.6) is 0 Å². The quantitative estimate of drug-likeness (QED) is 0.223. The zero-order chi connectivity index (χ0) is 18.5.